The van der Waals surface area contributed by atoms with Crippen molar-refractivity contribution in [3.05, 3.63) is 52.7 Å². The molecule has 0 radical (unpaired) electrons. The number of halogens is 3. The minimum atomic E-state index is -0.0703. The average Bonchev–Trinajstić information content (AvgIpc) is 2.46. The van der Waals surface area contributed by atoms with E-state index in [0.717, 1.165) is 16.5 Å². The van der Waals surface area contributed by atoms with Gasteiger partial charge in [0.15, 0.2) is 12.4 Å². The standard InChI is InChI=1S/C15H11I3O3/c1-20-11-4-2-3-9(5-11)14(19)8-21-15-12(17)6-10(16)7-13(15)18/h2-7H,8H2,1H3. The molecule has 0 unspecified atom stereocenters. The van der Waals surface area contributed by atoms with Crippen molar-refractivity contribution in [3.8, 4) is 11.5 Å². The van der Waals surface area contributed by atoms with Crippen LogP contribution in [0.4, 0.5) is 0 Å². The van der Waals surface area contributed by atoms with Gasteiger partial charge in [0.25, 0.3) is 0 Å². The third-order valence-corrected chi connectivity index (χ3v) is 4.93. The number of carbonyl (C=O) groups is 1. The van der Waals surface area contributed by atoms with E-state index in [9.17, 15) is 4.79 Å². The van der Waals surface area contributed by atoms with E-state index < -0.39 is 0 Å². The maximum absolute atomic E-state index is 12.2. The Kier molecular flexibility index (Phi) is 6.53. The van der Waals surface area contributed by atoms with Gasteiger partial charge in [-0.25, -0.2) is 0 Å². The summed E-state index contributed by atoms with van der Waals surface area (Å²) in [5, 5.41) is 0. The Morgan fingerprint density at radius 3 is 2.38 bits per heavy atom. The minimum Gasteiger partial charge on any atom is -0.497 e. The van der Waals surface area contributed by atoms with Gasteiger partial charge in [0, 0.05) is 9.13 Å². The van der Waals surface area contributed by atoms with Crippen LogP contribution in [0.1, 0.15) is 10.4 Å². The van der Waals surface area contributed by atoms with Crippen LogP contribution in [0, 0.1) is 10.7 Å². The van der Waals surface area contributed by atoms with Gasteiger partial charge in [-0.3, -0.25) is 4.79 Å². The van der Waals surface area contributed by atoms with Crippen molar-refractivity contribution in [1.29, 1.82) is 0 Å². The fourth-order valence-corrected chi connectivity index (χ4v) is 5.58. The van der Waals surface area contributed by atoms with Crippen molar-refractivity contribution < 1.29 is 14.3 Å². The Morgan fingerprint density at radius 2 is 1.76 bits per heavy atom. The second-order valence-electron chi connectivity index (χ2n) is 4.14. The summed E-state index contributed by atoms with van der Waals surface area (Å²) in [6.45, 7) is 0.0137. The van der Waals surface area contributed by atoms with Crippen LogP contribution in [-0.4, -0.2) is 19.5 Å². The molecule has 0 spiro atoms. The SMILES string of the molecule is COc1cccc(C(=O)COc2c(I)cc(I)cc2I)c1. The summed E-state index contributed by atoms with van der Waals surface area (Å²) in [7, 11) is 1.58. The molecule has 0 aliphatic carbocycles. The van der Waals surface area contributed by atoms with Gasteiger partial charge in [0.2, 0.25) is 0 Å². The minimum absolute atomic E-state index is 0.0137. The van der Waals surface area contributed by atoms with Gasteiger partial charge in [-0.15, -0.1) is 0 Å². The fraction of sp³-hybridized carbons (Fsp3) is 0.133. The predicted octanol–water partition coefficient (Wildman–Crippen LogP) is 4.77. The van der Waals surface area contributed by atoms with Crippen LogP contribution in [0.5, 0.6) is 11.5 Å². The summed E-state index contributed by atoms with van der Waals surface area (Å²) in [6, 6.07) is 11.1. The molecule has 0 heterocycles. The molecule has 2 rings (SSSR count). The lowest BCUT2D eigenvalue weighted by atomic mass is 10.1. The molecule has 0 bridgehead atoms. The summed E-state index contributed by atoms with van der Waals surface area (Å²) in [5.74, 6) is 1.35. The lowest BCUT2D eigenvalue weighted by Crippen LogP contribution is -2.13. The average molecular weight is 620 g/mol. The molecule has 6 heteroatoms. The first-order valence-corrected chi connectivity index (χ1v) is 9.19. The van der Waals surface area contributed by atoms with Gasteiger partial charge in [-0.1, -0.05) is 12.1 Å². The zero-order chi connectivity index (χ0) is 15.4. The summed E-state index contributed by atoms with van der Waals surface area (Å²) < 4.78 is 14.0. The Morgan fingerprint density at radius 1 is 1.10 bits per heavy atom. The van der Waals surface area contributed by atoms with E-state index in [-0.39, 0.29) is 12.4 Å². The second-order valence-corrected chi connectivity index (χ2v) is 7.71. The van der Waals surface area contributed by atoms with Crippen molar-refractivity contribution in [2.24, 2.45) is 0 Å². The van der Waals surface area contributed by atoms with Crippen LogP contribution in [-0.2, 0) is 0 Å². The monoisotopic (exact) mass is 620 g/mol. The van der Waals surface area contributed by atoms with Gasteiger partial charge in [-0.2, -0.15) is 0 Å². The van der Waals surface area contributed by atoms with Crippen molar-refractivity contribution >= 4 is 73.6 Å². The van der Waals surface area contributed by atoms with Crippen molar-refractivity contribution in [1.82, 2.24) is 0 Å². The molecule has 0 aliphatic heterocycles. The van der Waals surface area contributed by atoms with Gasteiger partial charge < -0.3 is 9.47 Å². The quantitative estimate of drug-likeness (QED) is 0.358. The molecule has 0 amide bonds. The van der Waals surface area contributed by atoms with E-state index in [2.05, 4.69) is 67.8 Å². The number of hydrogen-bond donors (Lipinski definition) is 0. The lowest BCUT2D eigenvalue weighted by molar-refractivity contribution is 0.0920. The Labute approximate surface area is 164 Å². The second kappa shape index (κ2) is 7.95. The highest BCUT2D eigenvalue weighted by Crippen LogP contribution is 2.29. The Bertz CT molecular complexity index is 648. The first-order valence-electron chi connectivity index (χ1n) is 5.96. The van der Waals surface area contributed by atoms with Crippen LogP contribution in [0.2, 0.25) is 0 Å². The van der Waals surface area contributed by atoms with Gasteiger partial charge in [-0.05, 0) is 92.0 Å². The van der Waals surface area contributed by atoms with Gasteiger partial charge >= 0.3 is 0 Å². The van der Waals surface area contributed by atoms with Crippen molar-refractivity contribution in [3.63, 3.8) is 0 Å². The Hall–Kier alpha value is -0.100. The van der Waals surface area contributed by atoms with Gasteiger partial charge in [0.1, 0.15) is 11.5 Å². The maximum Gasteiger partial charge on any atom is 0.200 e. The Balaban J connectivity index is 2.11. The smallest absolute Gasteiger partial charge is 0.200 e. The highest BCUT2D eigenvalue weighted by atomic mass is 127. The predicted molar refractivity (Wildman–Crippen MR) is 107 cm³/mol. The maximum atomic E-state index is 12.2. The molecule has 0 N–H and O–H groups in total. The molecule has 0 atom stereocenters. The van der Waals surface area contributed by atoms with Crippen LogP contribution in [0.25, 0.3) is 0 Å². The molecular formula is C15H11I3O3. The zero-order valence-corrected chi connectivity index (χ0v) is 17.5. The molecule has 21 heavy (non-hydrogen) atoms. The number of rotatable bonds is 5. The highest BCUT2D eigenvalue weighted by molar-refractivity contribution is 14.1. The first-order chi connectivity index (χ1) is 10.0. The third-order valence-electron chi connectivity index (χ3n) is 2.70. The fourth-order valence-electron chi connectivity index (χ4n) is 1.68. The topological polar surface area (TPSA) is 35.5 Å². The highest BCUT2D eigenvalue weighted by Gasteiger charge is 2.12. The number of ether oxygens (including phenoxy) is 2. The molecular weight excluding hydrogens is 609 g/mol. The molecule has 110 valence electrons. The molecule has 0 saturated heterocycles. The number of hydrogen-bond acceptors (Lipinski definition) is 3. The van der Waals surface area contributed by atoms with E-state index >= 15 is 0 Å². The van der Waals surface area contributed by atoms with E-state index in [1.165, 1.54) is 0 Å². The number of ketones is 1. The molecule has 0 fully saturated rings. The summed E-state index contributed by atoms with van der Waals surface area (Å²) in [4.78, 5) is 12.2. The summed E-state index contributed by atoms with van der Waals surface area (Å²) in [6.07, 6.45) is 0. The van der Waals surface area contributed by atoms with Gasteiger partial charge in [0.05, 0.1) is 14.3 Å². The van der Waals surface area contributed by atoms with Crippen LogP contribution >= 0.6 is 67.8 Å². The van der Waals surface area contributed by atoms with Crippen LogP contribution in [0.3, 0.4) is 0 Å². The number of methoxy groups -OCH3 is 1. The first kappa shape index (κ1) is 17.3. The third kappa shape index (κ3) is 4.68. The largest absolute Gasteiger partial charge is 0.497 e. The molecule has 0 saturated carbocycles. The molecule has 0 aliphatic rings. The number of carbonyl (C=O) groups excluding carboxylic acids is 1. The van der Waals surface area contributed by atoms with Crippen LogP contribution < -0.4 is 9.47 Å². The van der Waals surface area contributed by atoms with Crippen LogP contribution in [0.15, 0.2) is 36.4 Å². The van der Waals surface area contributed by atoms with Crippen molar-refractivity contribution in [2.45, 2.75) is 0 Å². The molecule has 3 nitrogen and oxygen atoms in total. The zero-order valence-electron chi connectivity index (χ0n) is 11.0. The molecule has 0 aromatic heterocycles. The summed E-state index contributed by atoms with van der Waals surface area (Å²) in [5.41, 5.74) is 0.588. The van der Waals surface area contributed by atoms with E-state index in [0.29, 0.717) is 11.3 Å². The van der Waals surface area contributed by atoms with E-state index in [1.54, 1.807) is 25.3 Å². The van der Waals surface area contributed by atoms with E-state index in [1.807, 2.05) is 18.2 Å². The van der Waals surface area contributed by atoms with Crippen molar-refractivity contribution in [2.75, 3.05) is 13.7 Å². The summed E-state index contributed by atoms with van der Waals surface area (Å²) >= 11 is 6.70. The van der Waals surface area contributed by atoms with E-state index in [4.69, 9.17) is 9.47 Å². The molecule has 2 aromatic rings. The lowest BCUT2D eigenvalue weighted by Gasteiger charge is -2.11. The number of benzene rings is 2. The molecule has 2 aromatic carbocycles. The normalized spacial score (nSPS) is 10.3. The number of Topliss-reactive ketones (excluding diaryl/α,β-unsaturated/α-hetero) is 1.